The third-order valence-electron chi connectivity index (χ3n) is 2.31. The van der Waals surface area contributed by atoms with E-state index in [1.54, 1.807) is 25.1 Å². The maximum absolute atomic E-state index is 11.5. The molecule has 0 saturated heterocycles. The van der Waals surface area contributed by atoms with E-state index >= 15 is 0 Å². The summed E-state index contributed by atoms with van der Waals surface area (Å²) >= 11 is 0. The Labute approximate surface area is 91.4 Å². The molecule has 0 aliphatic rings. The predicted molar refractivity (Wildman–Crippen MR) is 58.6 cm³/mol. The van der Waals surface area contributed by atoms with Crippen LogP contribution >= 0.6 is 0 Å². The quantitative estimate of drug-likeness (QED) is 0.686. The molecule has 1 aromatic heterocycles. The molecule has 0 fully saturated rings. The Morgan fingerprint density at radius 3 is 2.75 bits per heavy atom. The van der Waals surface area contributed by atoms with E-state index < -0.39 is 11.6 Å². The van der Waals surface area contributed by atoms with Gasteiger partial charge in [0.1, 0.15) is 5.76 Å². The normalized spacial score (nSPS) is 10.4. The molecule has 1 heterocycles. The minimum absolute atomic E-state index is 0.339. The van der Waals surface area contributed by atoms with E-state index in [4.69, 9.17) is 4.42 Å². The minimum Gasteiger partial charge on any atom is -0.465 e. The van der Waals surface area contributed by atoms with Crippen LogP contribution in [0, 0.1) is 6.92 Å². The Balaban J connectivity index is 2.71. The van der Waals surface area contributed by atoms with Gasteiger partial charge in [-0.15, -0.1) is 0 Å². The summed E-state index contributed by atoms with van der Waals surface area (Å²) in [4.78, 5) is 22.8. The molecule has 4 nitrogen and oxygen atoms in total. The lowest BCUT2D eigenvalue weighted by Gasteiger charge is -2.01. The van der Waals surface area contributed by atoms with Gasteiger partial charge in [0.25, 0.3) is 0 Å². The van der Waals surface area contributed by atoms with Crippen LogP contribution in [0.4, 0.5) is 0 Å². The van der Waals surface area contributed by atoms with Crippen molar-refractivity contribution in [1.29, 1.82) is 0 Å². The number of fused-ring (bicyclic) bond motifs is 1. The molecule has 0 radical (unpaired) electrons. The van der Waals surface area contributed by atoms with Gasteiger partial charge in [0, 0.05) is 0 Å². The van der Waals surface area contributed by atoms with Gasteiger partial charge in [0.2, 0.25) is 0 Å². The number of ether oxygens (including phenoxy) is 1. The van der Waals surface area contributed by atoms with Crippen molar-refractivity contribution in [3.8, 4) is 0 Å². The number of benzene rings is 1. The zero-order chi connectivity index (χ0) is 11.7. The van der Waals surface area contributed by atoms with Crippen molar-refractivity contribution in [3.63, 3.8) is 0 Å². The van der Waals surface area contributed by atoms with Gasteiger partial charge in [-0.1, -0.05) is 6.07 Å². The first-order valence-corrected chi connectivity index (χ1v) is 4.74. The topological polar surface area (TPSA) is 56.5 Å². The summed E-state index contributed by atoms with van der Waals surface area (Å²) in [5, 5.41) is 1.13. The van der Waals surface area contributed by atoms with Crippen LogP contribution in [0.5, 0.6) is 0 Å². The molecule has 0 saturated carbocycles. The monoisotopic (exact) mass is 218 g/mol. The lowest BCUT2D eigenvalue weighted by atomic mass is 10.1. The van der Waals surface area contributed by atoms with Gasteiger partial charge in [0.05, 0.1) is 18.1 Å². The largest absolute Gasteiger partial charge is 0.465 e. The van der Waals surface area contributed by atoms with E-state index in [1.807, 2.05) is 0 Å². The van der Waals surface area contributed by atoms with Crippen molar-refractivity contribution in [3.05, 3.63) is 46.0 Å². The first kappa shape index (κ1) is 10.4. The zero-order valence-electron chi connectivity index (χ0n) is 8.94. The molecule has 0 aliphatic heterocycles. The molecule has 2 aromatic rings. The Kier molecular flexibility index (Phi) is 2.48. The lowest BCUT2D eigenvalue weighted by molar-refractivity contribution is 0.0601. The molecular weight excluding hydrogens is 208 g/mol. The Morgan fingerprint density at radius 1 is 1.31 bits per heavy atom. The average molecular weight is 218 g/mol. The molecule has 0 spiro atoms. The highest BCUT2D eigenvalue weighted by Crippen LogP contribution is 2.14. The van der Waals surface area contributed by atoms with Gasteiger partial charge in [0.15, 0.2) is 0 Å². The van der Waals surface area contributed by atoms with Crippen LogP contribution in [0.3, 0.4) is 0 Å². The molecule has 0 unspecified atom stereocenters. The van der Waals surface area contributed by atoms with Crippen molar-refractivity contribution in [2.75, 3.05) is 7.11 Å². The first-order valence-electron chi connectivity index (χ1n) is 4.74. The Morgan fingerprint density at radius 2 is 2.06 bits per heavy atom. The first-order chi connectivity index (χ1) is 7.61. The van der Waals surface area contributed by atoms with Crippen LogP contribution in [0.25, 0.3) is 10.8 Å². The van der Waals surface area contributed by atoms with Crippen molar-refractivity contribution < 1.29 is 13.9 Å². The number of hydrogen-bond donors (Lipinski definition) is 0. The SMILES string of the molecule is COC(=O)c1ccc2cc(C)oc(=O)c2c1. The standard InChI is InChI=1S/C12H10O4/c1-7-5-8-3-4-9(11(13)15-2)6-10(8)12(14)16-7/h3-6H,1-2H3. The van der Waals surface area contributed by atoms with Crippen molar-refractivity contribution >= 4 is 16.7 Å². The number of methoxy groups -OCH3 is 1. The second-order valence-corrected chi connectivity index (χ2v) is 3.44. The summed E-state index contributed by atoms with van der Waals surface area (Å²) in [6.07, 6.45) is 0. The van der Waals surface area contributed by atoms with Gasteiger partial charge in [-0.3, -0.25) is 0 Å². The van der Waals surface area contributed by atoms with Crippen LogP contribution in [0.15, 0.2) is 33.5 Å². The van der Waals surface area contributed by atoms with Crippen LogP contribution in [0.1, 0.15) is 16.1 Å². The molecule has 0 N–H and O–H groups in total. The molecule has 1 aromatic carbocycles. The van der Waals surface area contributed by atoms with Crippen molar-refractivity contribution in [2.45, 2.75) is 6.92 Å². The van der Waals surface area contributed by atoms with Gasteiger partial charge >= 0.3 is 11.6 Å². The van der Waals surface area contributed by atoms with Gasteiger partial charge < -0.3 is 9.15 Å². The number of carbonyl (C=O) groups is 1. The fourth-order valence-corrected chi connectivity index (χ4v) is 1.55. The van der Waals surface area contributed by atoms with Crippen LogP contribution in [-0.4, -0.2) is 13.1 Å². The molecule has 4 heteroatoms. The summed E-state index contributed by atoms with van der Waals surface area (Å²) in [5.41, 5.74) is -0.105. The van der Waals surface area contributed by atoms with Gasteiger partial charge in [-0.05, 0) is 30.5 Å². The number of aryl methyl sites for hydroxylation is 1. The van der Waals surface area contributed by atoms with E-state index in [0.29, 0.717) is 16.7 Å². The second-order valence-electron chi connectivity index (χ2n) is 3.44. The summed E-state index contributed by atoms with van der Waals surface area (Å²) in [5.74, 6) is 0.0743. The van der Waals surface area contributed by atoms with Crippen LogP contribution < -0.4 is 5.63 Å². The minimum atomic E-state index is -0.470. The van der Waals surface area contributed by atoms with Crippen molar-refractivity contribution in [1.82, 2.24) is 0 Å². The zero-order valence-corrected chi connectivity index (χ0v) is 8.94. The molecule has 0 atom stereocenters. The highest BCUT2D eigenvalue weighted by Gasteiger charge is 2.08. The van der Waals surface area contributed by atoms with Crippen LogP contribution in [-0.2, 0) is 4.74 Å². The third-order valence-corrected chi connectivity index (χ3v) is 2.31. The highest BCUT2D eigenvalue weighted by atomic mass is 16.5. The molecule has 82 valence electrons. The molecule has 0 amide bonds. The Hall–Kier alpha value is -2.10. The average Bonchev–Trinajstić information content (AvgIpc) is 2.27. The molecule has 0 aliphatic carbocycles. The molecule has 2 rings (SSSR count). The summed E-state index contributed by atoms with van der Waals surface area (Å²) < 4.78 is 9.53. The smallest absolute Gasteiger partial charge is 0.343 e. The maximum atomic E-state index is 11.5. The number of carbonyl (C=O) groups excluding carboxylic acids is 1. The fourth-order valence-electron chi connectivity index (χ4n) is 1.55. The summed E-state index contributed by atoms with van der Waals surface area (Å²) in [6, 6.07) is 6.54. The van der Waals surface area contributed by atoms with Crippen molar-refractivity contribution in [2.24, 2.45) is 0 Å². The highest BCUT2D eigenvalue weighted by molar-refractivity contribution is 5.94. The summed E-state index contributed by atoms with van der Waals surface area (Å²) in [7, 11) is 1.30. The fraction of sp³-hybridized carbons (Fsp3) is 0.167. The predicted octanol–water partition coefficient (Wildman–Crippen LogP) is 1.89. The second kappa shape index (κ2) is 3.81. The Bertz CT molecular complexity index is 610. The number of hydrogen-bond acceptors (Lipinski definition) is 4. The maximum Gasteiger partial charge on any atom is 0.343 e. The summed E-state index contributed by atoms with van der Waals surface area (Å²) in [6.45, 7) is 1.70. The number of rotatable bonds is 1. The molecule has 0 bridgehead atoms. The van der Waals surface area contributed by atoms with E-state index in [1.165, 1.54) is 13.2 Å². The molecule has 16 heavy (non-hydrogen) atoms. The van der Waals surface area contributed by atoms with Gasteiger partial charge in [-0.2, -0.15) is 0 Å². The van der Waals surface area contributed by atoms with E-state index in [0.717, 1.165) is 5.39 Å². The van der Waals surface area contributed by atoms with Crippen LogP contribution in [0.2, 0.25) is 0 Å². The molecular formula is C12H10O4. The van der Waals surface area contributed by atoms with E-state index in [-0.39, 0.29) is 0 Å². The van der Waals surface area contributed by atoms with E-state index in [2.05, 4.69) is 4.74 Å². The van der Waals surface area contributed by atoms with E-state index in [9.17, 15) is 9.59 Å². The lowest BCUT2D eigenvalue weighted by Crippen LogP contribution is -2.05. The third kappa shape index (κ3) is 1.69. The van der Waals surface area contributed by atoms with Gasteiger partial charge in [-0.25, -0.2) is 9.59 Å². The number of esters is 1.